The average Bonchev–Trinajstić information content (AvgIpc) is 2.96. The highest BCUT2D eigenvalue weighted by Crippen LogP contribution is 2.22. The van der Waals surface area contributed by atoms with Crippen molar-refractivity contribution >= 4 is 5.91 Å². The third-order valence-corrected chi connectivity index (χ3v) is 2.55. The number of aromatic nitrogens is 3. The molecule has 2 aromatic rings. The highest BCUT2D eigenvalue weighted by Gasteiger charge is 2.29. The summed E-state index contributed by atoms with van der Waals surface area (Å²) in [6, 6.07) is 0. The first-order valence-corrected chi connectivity index (χ1v) is 5.57. The molecular weight excluding hydrogens is 299 g/mol. The van der Waals surface area contributed by atoms with Crippen molar-refractivity contribution in [3.05, 3.63) is 46.8 Å². The first-order valence-electron chi connectivity index (χ1n) is 5.57. The quantitative estimate of drug-likeness (QED) is 0.510. The van der Waals surface area contributed by atoms with Gasteiger partial charge in [0.15, 0.2) is 23.3 Å². The molecule has 1 heterocycles. The number of halogens is 5. The largest absolute Gasteiger partial charge is 0.351 e. The highest BCUT2D eigenvalue weighted by molar-refractivity contribution is 5.94. The Balaban J connectivity index is 2.16. The van der Waals surface area contributed by atoms with Crippen molar-refractivity contribution in [2.24, 2.45) is 0 Å². The summed E-state index contributed by atoms with van der Waals surface area (Å²) >= 11 is 0. The maximum atomic E-state index is 13.3. The van der Waals surface area contributed by atoms with E-state index in [9.17, 15) is 26.7 Å². The van der Waals surface area contributed by atoms with Crippen LogP contribution >= 0.6 is 0 Å². The summed E-state index contributed by atoms with van der Waals surface area (Å²) in [4.78, 5) is 15.3. The van der Waals surface area contributed by atoms with Gasteiger partial charge >= 0.3 is 0 Å². The van der Waals surface area contributed by atoms with Crippen LogP contribution in [0.15, 0.2) is 6.33 Å². The number of nitrogens with one attached hydrogen (secondary N) is 2. The molecule has 0 saturated carbocycles. The summed E-state index contributed by atoms with van der Waals surface area (Å²) in [6.45, 7) is -0.131. The van der Waals surface area contributed by atoms with E-state index in [1.165, 1.54) is 6.33 Å². The second-order valence-electron chi connectivity index (χ2n) is 3.88. The van der Waals surface area contributed by atoms with Gasteiger partial charge in [0, 0.05) is 13.0 Å². The lowest BCUT2D eigenvalue weighted by Crippen LogP contribution is -2.29. The Bertz CT molecular complexity index is 645. The molecule has 0 saturated heterocycles. The van der Waals surface area contributed by atoms with Crippen molar-refractivity contribution in [3.8, 4) is 0 Å². The molecule has 10 heteroatoms. The van der Waals surface area contributed by atoms with Crippen LogP contribution in [0.25, 0.3) is 0 Å². The van der Waals surface area contributed by atoms with E-state index >= 15 is 0 Å². The van der Waals surface area contributed by atoms with Gasteiger partial charge in [-0.15, -0.1) is 0 Å². The minimum absolute atomic E-state index is 0.131. The van der Waals surface area contributed by atoms with E-state index in [0.717, 1.165) is 0 Å². The molecule has 0 unspecified atom stereocenters. The molecule has 21 heavy (non-hydrogen) atoms. The van der Waals surface area contributed by atoms with E-state index in [1.54, 1.807) is 0 Å². The Morgan fingerprint density at radius 1 is 1.05 bits per heavy atom. The van der Waals surface area contributed by atoms with Crippen LogP contribution in [0.2, 0.25) is 0 Å². The lowest BCUT2D eigenvalue weighted by atomic mass is 10.1. The summed E-state index contributed by atoms with van der Waals surface area (Å²) in [7, 11) is 0. The number of nitrogens with zero attached hydrogens (tertiary/aromatic N) is 2. The lowest BCUT2D eigenvalue weighted by molar-refractivity contribution is 0.0942. The molecule has 0 radical (unpaired) electrons. The SMILES string of the molecule is O=C(NCCc1ncn[nH]1)c1c(F)c(F)c(F)c(F)c1F. The van der Waals surface area contributed by atoms with Crippen molar-refractivity contribution in [1.82, 2.24) is 20.5 Å². The zero-order valence-corrected chi connectivity index (χ0v) is 10.2. The van der Waals surface area contributed by atoms with Crippen molar-refractivity contribution in [3.63, 3.8) is 0 Å². The van der Waals surface area contributed by atoms with Gasteiger partial charge in [0.05, 0.1) is 0 Å². The molecule has 1 amide bonds. The van der Waals surface area contributed by atoms with Crippen molar-refractivity contribution in [2.45, 2.75) is 6.42 Å². The molecule has 112 valence electrons. The van der Waals surface area contributed by atoms with Crippen LogP contribution < -0.4 is 5.32 Å². The average molecular weight is 306 g/mol. The second kappa shape index (κ2) is 5.85. The standard InChI is InChI=1S/C11H7F5N4O/c12-6-5(7(13)9(15)10(16)8(6)14)11(21)17-2-1-4-18-3-19-20-4/h3H,1-2H2,(H,17,21)(H,18,19,20). The first-order chi connectivity index (χ1) is 9.93. The normalized spacial score (nSPS) is 10.7. The summed E-state index contributed by atoms with van der Waals surface area (Å²) in [5, 5.41) is 8.03. The summed E-state index contributed by atoms with van der Waals surface area (Å²) in [6.07, 6.45) is 1.35. The zero-order valence-electron chi connectivity index (χ0n) is 10.2. The number of rotatable bonds is 4. The minimum Gasteiger partial charge on any atom is -0.351 e. The lowest BCUT2D eigenvalue weighted by Gasteiger charge is -2.08. The second-order valence-corrected chi connectivity index (χ2v) is 3.88. The molecule has 0 aliphatic rings. The van der Waals surface area contributed by atoms with Gasteiger partial charge in [-0.2, -0.15) is 5.10 Å². The van der Waals surface area contributed by atoms with Gasteiger partial charge in [-0.1, -0.05) is 0 Å². The van der Waals surface area contributed by atoms with Gasteiger partial charge in [-0.05, 0) is 0 Å². The van der Waals surface area contributed by atoms with E-state index in [1.807, 2.05) is 5.32 Å². The number of amides is 1. The van der Waals surface area contributed by atoms with E-state index in [2.05, 4.69) is 15.2 Å². The van der Waals surface area contributed by atoms with Gasteiger partial charge < -0.3 is 5.32 Å². The molecule has 0 aliphatic carbocycles. The van der Waals surface area contributed by atoms with Gasteiger partial charge in [0.25, 0.3) is 5.91 Å². The van der Waals surface area contributed by atoms with Crippen molar-refractivity contribution in [2.75, 3.05) is 6.54 Å². The monoisotopic (exact) mass is 306 g/mol. The molecule has 0 bridgehead atoms. The molecule has 2 rings (SSSR count). The molecular formula is C11H7F5N4O. The molecule has 0 spiro atoms. The third kappa shape index (κ3) is 2.83. The fourth-order valence-electron chi connectivity index (χ4n) is 1.54. The summed E-state index contributed by atoms with van der Waals surface area (Å²) in [5.41, 5.74) is -1.52. The van der Waals surface area contributed by atoms with Gasteiger partial charge in [0.2, 0.25) is 5.82 Å². The first kappa shape index (κ1) is 14.9. The molecule has 2 N–H and O–H groups in total. The highest BCUT2D eigenvalue weighted by atomic mass is 19.2. The molecule has 0 aliphatic heterocycles. The van der Waals surface area contributed by atoms with E-state index in [0.29, 0.717) is 5.82 Å². The van der Waals surface area contributed by atoms with Crippen LogP contribution in [0.5, 0.6) is 0 Å². The van der Waals surface area contributed by atoms with Crippen LogP contribution in [0.4, 0.5) is 22.0 Å². The Labute approximate surface area is 114 Å². The predicted molar refractivity (Wildman–Crippen MR) is 58.7 cm³/mol. The number of hydrogen-bond acceptors (Lipinski definition) is 3. The molecule has 1 aromatic carbocycles. The van der Waals surface area contributed by atoms with Crippen molar-refractivity contribution in [1.29, 1.82) is 0 Å². The summed E-state index contributed by atoms with van der Waals surface area (Å²) in [5.74, 6) is -12.0. The summed E-state index contributed by atoms with van der Waals surface area (Å²) < 4.78 is 65.4. The number of carbonyl (C=O) groups excluding carboxylic acids is 1. The van der Waals surface area contributed by atoms with E-state index in [4.69, 9.17) is 0 Å². The topological polar surface area (TPSA) is 70.7 Å². The van der Waals surface area contributed by atoms with Crippen LogP contribution in [-0.2, 0) is 6.42 Å². The third-order valence-electron chi connectivity index (χ3n) is 2.55. The Hall–Kier alpha value is -2.52. The Kier molecular flexibility index (Phi) is 4.15. The van der Waals surface area contributed by atoms with E-state index in [-0.39, 0.29) is 13.0 Å². The molecule has 1 aromatic heterocycles. The van der Waals surface area contributed by atoms with Crippen LogP contribution in [-0.4, -0.2) is 27.6 Å². The van der Waals surface area contributed by atoms with Crippen LogP contribution in [0, 0.1) is 29.1 Å². The number of aromatic amines is 1. The Morgan fingerprint density at radius 3 is 2.14 bits per heavy atom. The fourth-order valence-corrected chi connectivity index (χ4v) is 1.54. The van der Waals surface area contributed by atoms with Crippen LogP contribution in [0.3, 0.4) is 0 Å². The number of carbonyl (C=O) groups is 1. The minimum atomic E-state index is -2.32. The molecule has 5 nitrogen and oxygen atoms in total. The maximum absolute atomic E-state index is 13.3. The van der Waals surface area contributed by atoms with Crippen LogP contribution in [0.1, 0.15) is 16.2 Å². The maximum Gasteiger partial charge on any atom is 0.257 e. The number of hydrogen-bond donors (Lipinski definition) is 2. The predicted octanol–water partition coefficient (Wildman–Crippen LogP) is 1.47. The van der Waals surface area contributed by atoms with E-state index < -0.39 is 40.6 Å². The zero-order chi connectivity index (χ0) is 15.6. The van der Waals surface area contributed by atoms with Crippen molar-refractivity contribution < 1.29 is 26.7 Å². The molecule has 0 atom stereocenters. The number of benzene rings is 1. The fraction of sp³-hybridized carbons (Fsp3) is 0.182. The van der Waals surface area contributed by atoms with Gasteiger partial charge in [-0.25, -0.2) is 26.9 Å². The smallest absolute Gasteiger partial charge is 0.257 e. The molecule has 0 fully saturated rings. The number of H-pyrrole nitrogens is 1. The van der Waals surface area contributed by atoms with Gasteiger partial charge in [-0.3, -0.25) is 9.89 Å². The Morgan fingerprint density at radius 2 is 1.62 bits per heavy atom. The van der Waals surface area contributed by atoms with Gasteiger partial charge in [0.1, 0.15) is 17.7 Å².